The number of hydrogen-bond donors (Lipinski definition) is 2. The molecule has 0 spiro atoms. The number of nitrogens with two attached hydrogens (primary N) is 1. The van der Waals surface area contributed by atoms with Crippen molar-refractivity contribution >= 4 is 23.6 Å². The summed E-state index contributed by atoms with van der Waals surface area (Å²) in [6.07, 6.45) is -0.416. The Balaban J connectivity index is 1.85. The van der Waals surface area contributed by atoms with Crippen molar-refractivity contribution in [1.29, 1.82) is 0 Å². The van der Waals surface area contributed by atoms with Gasteiger partial charge in [0.25, 0.3) is 0 Å². The van der Waals surface area contributed by atoms with Crippen LogP contribution in [0.15, 0.2) is 17.1 Å². The second kappa shape index (κ2) is 9.01. The van der Waals surface area contributed by atoms with Crippen molar-refractivity contribution in [2.75, 3.05) is 38.0 Å². The van der Waals surface area contributed by atoms with Gasteiger partial charge in [-0.3, -0.25) is 4.79 Å². The number of amides is 2. The molecule has 29 heavy (non-hydrogen) atoms. The van der Waals surface area contributed by atoms with Gasteiger partial charge < -0.3 is 25.6 Å². The minimum atomic E-state index is -1.67. The quantitative estimate of drug-likeness (QED) is 0.446. The maximum absolute atomic E-state index is 13.6. The van der Waals surface area contributed by atoms with Gasteiger partial charge in [-0.2, -0.15) is 0 Å². The van der Waals surface area contributed by atoms with E-state index in [1.807, 2.05) is 0 Å². The number of aliphatic imine (C=N–C) groups is 1. The van der Waals surface area contributed by atoms with Gasteiger partial charge in [-0.25, -0.2) is 23.0 Å². The molecule has 0 atom stereocenters. The zero-order valence-electron chi connectivity index (χ0n) is 16.5. The number of nitrogens with one attached hydrogen (secondary N) is 1. The fourth-order valence-corrected chi connectivity index (χ4v) is 2.51. The first-order valence-electron chi connectivity index (χ1n) is 8.94. The van der Waals surface area contributed by atoms with Crippen molar-refractivity contribution in [3.63, 3.8) is 0 Å². The largest absolute Gasteiger partial charge is 0.444 e. The molecule has 8 nitrogen and oxygen atoms in total. The van der Waals surface area contributed by atoms with Gasteiger partial charge in [0.15, 0.2) is 23.4 Å². The highest BCUT2D eigenvalue weighted by atomic mass is 19.2. The Morgan fingerprint density at radius 2 is 1.69 bits per heavy atom. The van der Waals surface area contributed by atoms with Gasteiger partial charge in [-0.1, -0.05) is 0 Å². The fraction of sp³-hybridized carbons (Fsp3) is 0.500. The van der Waals surface area contributed by atoms with E-state index >= 15 is 0 Å². The van der Waals surface area contributed by atoms with E-state index in [0.717, 1.165) is 6.07 Å². The van der Waals surface area contributed by atoms with Crippen molar-refractivity contribution in [3.8, 4) is 0 Å². The lowest BCUT2D eigenvalue weighted by atomic mass is 10.2. The number of benzene rings is 1. The van der Waals surface area contributed by atoms with Crippen LogP contribution in [0.4, 0.5) is 23.7 Å². The molecule has 0 aromatic heterocycles. The number of carbonyl (C=O) groups excluding carboxylic acids is 2. The number of hydrogen-bond acceptors (Lipinski definition) is 4. The molecule has 160 valence electrons. The van der Waals surface area contributed by atoms with Crippen molar-refractivity contribution in [2.24, 2.45) is 10.7 Å². The molecule has 0 bridgehead atoms. The molecule has 2 rings (SSSR count). The summed E-state index contributed by atoms with van der Waals surface area (Å²) in [6, 6.07) is 1.62. The summed E-state index contributed by atoms with van der Waals surface area (Å²) in [5.74, 6) is -5.18. The Morgan fingerprint density at radius 3 is 2.28 bits per heavy atom. The van der Waals surface area contributed by atoms with Crippen LogP contribution in [0.5, 0.6) is 0 Å². The standard InChI is InChI=1S/C18H24F3N5O3/c1-18(2,3)29-17(28)26-8-6-25(7-9-26)16(22)23-10-13(27)24-12-5-4-11(19)14(20)15(12)21/h4-5H,6-10H2,1-3H3,(H2,22,23)(H,24,27). The van der Waals surface area contributed by atoms with Gasteiger partial charge in [0, 0.05) is 26.2 Å². The molecule has 1 aliphatic heterocycles. The van der Waals surface area contributed by atoms with E-state index in [1.54, 1.807) is 30.6 Å². The number of carbonyl (C=O) groups is 2. The second-order valence-corrected chi connectivity index (χ2v) is 7.40. The summed E-state index contributed by atoms with van der Waals surface area (Å²) in [6.45, 7) is 6.45. The van der Waals surface area contributed by atoms with E-state index < -0.39 is 47.3 Å². The average molecular weight is 415 g/mol. The first-order chi connectivity index (χ1) is 13.5. The summed E-state index contributed by atoms with van der Waals surface area (Å²) in [7, 11) is 0. The van der Waals surface area contributed by atoms with E-state index in [-0.39, 0.29) is 5.96 Å². The third-order valence-corrected chi connectivity index (χ3v) is 3.95. The fourth-order valence-electron chi connectivity index (χ4n) is 2.51. The van der Waals surface area contributed by atoms with Gasteiger partial charge >= 0.3 is 6.09 Å². The number of halogens is 3. The number of guanidine groups is 1. The van der Waals surface area contributed by atoms with E-state index in [0.29, 0.717) is 32.2 Å². The summed E-state index contributed by atoms with van der Waals surface area (Å²) >= 11 is 0. The molecule has 1 aromatic carbocycles. The van der Waals surface area contributed by atoms with Crippen LogP contribution >= 0.6 is 0 Å². The summed E-state index contributed by atoms with van der Waals surface area (Å²) in [5, 5.41) is 2.11. The Labute approximate surface area is 166 Å². The van der Waals surface area contributed by atoms with Gasteiger partial charge in [0.05, 0.1) is 5.69 Å². The SMILES string of the molecule is CC(C)(C)OC(=O)N1CCN(C(N)=NCC(=O)Nc2ccc(F)c(F)c2F)CC1. The highest BCUT2D eigenvalue weighted by Gasteiger charge is 2.26. The van der Waals surface area contributed by atoms with Crippen molar-refractivity contribution < 1.29 is 27.5 Å². The Kier molecular flexibility index (Phi) is 6.93. The summed E-state index contributed by atoms with van der Waals surface area (Å²) in [5.41, 5.74) is 4.78. The van der Waals surface area contributed by atoms with E-state index in [1.165, 1.54) is 0 Å². The van der Waals surface area contributed by atoms with E-state index in [2.05, 4.69) is 10.3 Å². The van der Waals surface area contributed by atoms with Crippen molar-refractivity contribution in [3.05, 3.63) is 29.6 Å². The summed E-state index contributed by atoms with van der Waals surface area (Å²) in [4.78, 5) is 31.1. The predicted molar refractivity (Wildman–Crippen MR) is 101 cm³/mol. The van der Waals surface area contributed by atoms with Crippen molar-refractivity contribution in [1.82, 2.24) is 9.80 Å². The third kappa shape index (κ3) is 6.26. The molecule has 1 aromatic rings. The molecule has 1 saturated heterocycles. The van der Waals surface area contributed by atoms with E-state index in [4.69, 9.17) is 10.5 Å². The maximum atomic E-state index is 13.6. The smallest absolute Gasteiger partial charge is 0.410 e. The first-order valence-corrected chi connectivity index (χ1v) is 8.94. The molecular weight excluding hydrogens is 391 g/mol. The molecule has 0 radical (unpaired) electrons. The maximum Gasteiger partial charge on any atom is 0.410 e. The van der Waals surface area contributed by atoms with Crippen LogP contribution in [-0.2, 0) is 9.53 Å². The minimum Gasteiger partial charge on any atom is -0.444 e. The first kappa shape index (κ1) is 22.3. The zero-order chi connectivity index (χ0) is 21.8. The molecule has 0 unspecified atom stereocenters. The van der Waals surface area contributed by atoms with Crippen LogP contribution < -0.4 is 11.1 Å². The third-order valence-electron chi connectivity index (χ3n) is 3.95. The van der Waals surface area contributed by atoms with Crippen molar-refractivity contribution in [2.45, 2.75) is 26.4 Å². The lowest BCUT2D eigenvalue weighted by Crippen LogP contribution is -2.53. The molecule has 11 heteroatoms. The zero-order valence-corrected chi connectivity index (χ0v) is 16.5. The number of anilines is 1. The van der Waals surface area contributed by atoms with Crippen LogP contribution in [-0.4, -0.2) is 66.1 Å². The molecule has 1 aliphatic rings. The van der Waals surface area contributed by atoms with Crippen LogP contribution in [0.1, 0.15) is 20.8 Å². The summed E-state index contributed by atoms with van der Waals surface area (Å²) < 4.78 is 45.0. The van der Waals surface area contributed by atoms with Gasteiger partial charge in [0.1, 0.15) is 12.1 Å². The number of nitrogens with zero attached hydrogens (tertiary/aromatic N) is 3. The molecule has 1 heterocycles. The molecule has 2 amide bonds. The second-order valence-electron chi connectivity index (χ2n) is 7.40. The predicted octanol–water partition coefficient (Wildman–Crippen LogP) is 1.91. The number of rotatable bonds is 3. The topological polar surface area (TPSA) is 100 Å². The van der Waals surface area contributed by atoms with Crippen LogP contribution in [0.25, 0.3) is 0 Å². The molecular formula is C18H24F3N5O3. The van der Waals surface area contributed by atoms with Gasteiger partial charge in [-0.05, 0) is 32.9 Å². The molecule has 0 saturated carbocycles. The van der Waals surface area contributed by atoms with Crippen LogP contribution in [0, 0.1) is 17.5 Å². The Bertz CT molecular complexity index is 803. The van der Waals surface area contributed by atoms with Gasteiger partial charge in [0.2, 0.25) is 5.91 Å². The van der Waals surface area contributed by atoms with Crippen LogP contribution in [0.2, 0.25) is 0 Å². The molecule has 1 fully saturated rings. The number of piperazine rings is 1. The number of ether oxygens (including phenoxy) is 1. The Hall–Kier alpha value is -2.98. The molecule has 0 aliphatic carbocycles. The normalized spacial score (nSPS) is 15.3. The lowest BCUT2D eigenvalue weighted by Gasteiger charge is -2.36. The average Bonchev–Trinajstić information content (AvgIpc) is 2.65. The lowest BCUT2D eigenvalue weighted by molar-refractivity contribution is -0.114. The van der Waals surface area contributed by atoms with E-state index in [9.17, 15) is 22.8 Å². The Morgan fingerprint density at radius 1 is 1.10 bits per heavy atom. The highest BCUT2D eigenvalue weighted by Crippen LogP contribution is 2.19. The van der Waals surface area contributed by atoms with Gasteiger partial charge in [-0.15, -0.1) is 0 Å². The monoisotopic (exact) mass is 415 g/mol. The highest BCUT2D eigenvalue weighted by molar-refractivity contribution is 5.94. The van der Waals surface area contributed by atoms with Crippen LogP contribution in [0.3, 0.4) is 0 Å². The minimum absolute atomic E-state index is 0.0785. The molecule has 3 N–H and O–H groups in total.